The third kappa shape index (κ3) is 3.35. The van der Waals surface area contributed by atoms with Crippen molar-refractivity contribution in [3.05, 3.63) is 54.6 Å². The minimum Gasteiger partial charge on any atom is -0.458 e. The number of furan rings is 1. The Balaban J connectivity index is 1.89. The standard InChI is InChI=1S/C16H17N3O3S/c1-19(23(2,20)21)10-13-8-9-14(22-13)16-15(17-11-18-16)12-6-4-3-5-7-12/h3-9,11H,10H2,1-2H3,(H,17,18). The van der Waals surface area contributed by atoms with Crippen molar-refractivity contribution < 1.29 is 12.8 Å². The molecule has 7 heteroatoms. The summed E-state index contributed by atoms with van der Waals surface area (Å²) in [6, 6.07) is 13.4. The second kappa shape index (κ2) is 6.02. The van der Waals surface area contributed by atoms with E-state index in [9.17, 15) is 8.42 Å². The van der Waals surface area contributed by atoms with Crippen molar-refractivity contribution in [1.29, 1.82) is 0 Å². The quantitative estimate of drug-likeness (QED) is 0.779. The van der Waals surface area contributed by atoms with Crippen molar-refractivity contribution >= 4 is 10.0 Å². The Kier molecular flexibility index (Phi) is 4.06. The molecule has 0 aliphatic heterocycles. The first-order valence-electron chi connectivity index (χ1n) is 7.04. The minimum atomic E-state index is -3.24. The first-order chi connectivity index (χ1) is 10.9. The van der Waals surface area contributed by atoms with Crippen molar-refractivity contribution in [2.75, 3.05) is 13.3 Å². The van der Waals surface area contributed by atoms with E-state index in [0.29, 0.717) is 11.5 Å². The van der Waals surface area contributed by atoms with Gasteiger partial charge in [0.15, 0.2) is 5.76 Å². The Morgan fingerprint density at radius 3 is 2.61 bits per heavy atom. The number of hydrogen-bond acceptors (Lipinski definition) is 4. The molecule has 0 bridgehead atoms. The summed E-state index contributed by atoms with van der Waals surface area (Å²) in [5, 5.41) is 0. The number of hydrogen-bond donors (Lipinski definition) is 1. The molecule has 0 amide bonds. The molecule has 2 aromatic heterocycles. The SMILES string of the molecule is CN(Cc1ccc(-c2[nH]cnc2-c2ccccc2)o1)S(C)(=O)=O. The topological polar surface area (TPSA) is 79.2 Å². The molecule has 3 rings (SSSR count). The van der Waals surface area contributed by atoms with Crippen LogP contribution in [0.4, 0.5) is 0 Å². The van der Waals surface area contributed by atoms with E-state index in [-0.39, 0.29) is 6.54 Å². The lowest BCUT2D eigenvalue weighted by atomic mass is 10.1. The normalized spacial score (nSPS) is 12.0. The molecule has 0 radical (unpaired) electrons. The number of nitrogens with one attached hydrogen (secondary N) is 1. The maximum Gasteiger partial charge on any atom is 0.211 e. The van der Waals surface area contributed by atoms with E-state index >= 15 is 0 Å². The van der Waals surface area contributed by atoms with E-state index in [4.69, 9.17) is 4.42 Å². The average molecular weight is 331 g/mol. The van der Waals surface area contributed by atoms with Gasteiger partial charge in [-0.15, -0.1) is 0 Å². The Morgan fingerprint density at radius 1 is 1.17 bits per heavy atom. The van der Waals surface area contributed by atoms with Crippen molar-refractivity contribution in [2.45, 2.75) is 6.54 Å². The molecule has 0 unspecified atom stereocenters. The van der Waals surface area contributed by atoms with Gasteiger partial charge in [-0.1, -0.05) is 30.3 Å². The number of aromatic nitrogens is 2. The molecule has 0 fully saturated rings. The maximum absolute atomic E-state index is 11.5. The molecule has 0 atom stereocenters. The number of rotatable bonds is 5. The Bertz CT molecular complexity index is 898. The zero-order chi connectivity index (χ0) is 16.4. The van der Waals surface area contributed by atoms with Crippen LogP contribution in [0.2, 0.25) is 0 Å². The number of imidazole rings is 1. The maximum atomic E-state index is 11.5. The molecule has 6 nitrogen and oxygen atoms in total. The summed E-state index contributed by atoms with van der Waals surface area (Å²) >= 11 is 0. The fourth-order valence-corrected chi connectivity index (χ4v) is 2.59. The van der Waals surface area contributed by atoms with Crippen LogP contribution >= 0.6 is 0 Å². The van der Waals surface area contributed by atoms with Gasteiger partial charge in [0, 0.05) is 12.6 Å². The second-order valence-corrected chi connectivity index (χ2v) is 7.37. The van der Waals surface area contributed by atoms with Gasteiger partial charge in [0.25, 0.3) is 0 Å². The highest BCUT2D eigenvalue weighted by molar-refractivity contribution is 7.88. The zero-order valence-corrected chi connectivity index (χ0v) is 13.7. The summed E-state index contributed by atoms with van der Waals surface area (Å²) in [5.74, 6) is 1.19. The number of nitrogens with zero attached hydrogens (tertiary/aromatic N) is 2. The van der Waals surface area contributed by atoms with E-state index in [1.165, 1.54) is 17.6 Å². The van der Waals surface area contributed by atoms with Gasteiger partial charge in [-0.3, -0.25) is 0 Å². The largest absolute Gasteiger partial charge is 0.458 e. The fourth-order valence-electron chi connectivity index (χ4n) is 2.23. The molecule has 1 N–H and O–H groups in total. The van der Waals surface area contributed by atoms with Crippen LogP contribution in [0, 0.1) is 0 Å². The molecule has 1 aromatic carbocycles. The van der Waals surface area contributed by atoms with Crippen LogP contribution in [0.3, 0.4) is 0 Å². The first-order valence-corrected chi connectivity index (χ1v) is 8.89. The fraction of sp³-hybridized carbons (Fsp3) is 0.188. The smallest absolute Gasteiger partial charge is 0.211 e. The van der Waals surface area contributed by atoms with Crippen molar-refractivity contribution in [3.63, 3.8) is 0 Å². The van der Waals surface area contributed by atoms with Crippen LogP contribution in [0.5, 0.6) is 0 Å². The molecule has 0 spiro atoms. The van der Waals surface area contributed by atoms with Gasteiger partial charge >= 0.3 is 0 Å². The molecule has 23 heavy (non-hydrogen) atoms. The predicted octanol–water partition coefficient (Wildman–Crippen LogP) is 2.73. The first kappa shape index (κ1) is 15.5. The van der Waals surface area contributed by atoms with Gasteiger partial charge in [-0.25, -0.2) is 13.4 Å². The number of benzene rings is 1. The molecule has 120 valence electrons. The molecule has 0 saturated carbocycles. The summed E-state index contributed by atoms with van der Waals surface area (Å²) in [7, 11) is -1.73. The third-order valence-corrected chi connectivity index (χ3v) is 4.80. The lowest BCUT2D eigenvalue weighted by Crippen LogP contribution is -2.24. The second-order valence-electron chi connectivity index (χ2n) is 5.28. The van der Waals surface area contributed by atoms with Crippen LogP contribution < -0.4 is 0 Å². The monoisotopic (exact) mass is 331 g/mol. The Hall–Kier alpha value is -2.38. The van der Waals surface area contributed by atoms with Crippen LogP contribution in [-0.4, -0.2) is 36.0 Å². The predicted molar refractivity (Wildman–Crippen MR) is 88.0 cm³/mol. The van der Waals surface area contributed by atoms with Gasteiger partial charge < -0.3 is 9.40 Å². The average Bonchev–Trinajstić information content (AvgIpc) is 3.15. The Labute approximate surface area is 134 Å². The van der Waals surface area contributed by atoms with Gasteiger partial charge in [-0.2, -0.15) is 4.31 Å². The molecule has 0 aliphatic carbocycles. The number of H-pyrrole nitrogens is 1. The number of aromatic amines is 1. The van der Waals surface area contributed by atoms with E-state index in [1.54, 1.807) is 12.4 Å². The third-order valence-electron chi connectivity index (χ3n) is 3.54. The summed E-state index contributed by atoms with van der Waals surface area (Å²) < 4.78 is 30.0. The molecular weight excluding hydrogens is 314 g/mol. The van der Waals surface area contributed by atoms with E-state index in [2.05, 4.69) is 9.97 Å². The highest BCUT2D eigenvalue weighted by Crippen LogP contribution is 2.30. The molecular formula is C16H17N3O3S. The zero-order valence-electron chi connectivity index (χ0n) is 12.9. The molecule has 3 aromatic rings. The van der Waals surface area contributed by atoms with Gasteiger partial charge in [0.1, 0.15) is 11.5 Å². The molecule has 2 heterocycles. The Morgan fingerprint density at radius 2 is 1.91 bits per heavy atom. The summed E-state index contributed by atoms with van der Waals surface area (Å²) in [4.78, 5) is 7.43. The van der Waals surface area contributed by atoms with E-state index < -0.39 is 10.0 Å². The highest BCUT2D eigenvalue weighted by atomic mass is 32.2. The van der Waals surface area contributed by atoms with Crippen LogP contribution in [0.25, 0.3) is 22.7 Å². The lowest BCUT2D eigenvalue weighted by molar-refractivity contribution is 0.413. The van der Waals surface area contributed by atoms with E-state index in [1.807, 2.05) is 36.4 Å². The summed E-state index contributed by atoms with van der Waals surface area (Å²) in [5.41, 5.74) is 2.54. The van der Waals surface area contributed by atoms with Crippen LogP contribution in [-0.2, 0) is 16.6 Å². The van der Waals surface area contributed by atoms with Crippen molar-refractivity contribution in [3.8, 4) is 22.7 Å². The number of sulfonamides is 1. The van der Waals surface area contributed by atoms with Crippen molar-refractivity contribution in [2.24, 2.45) is 0 Å². The summed E-state index contributed by atoms with van der Waals surface area (Å²) in [6.07, 6.45) is 2.78. The molecule has 0 aliphatic rings. The van der Waals surface area contributed by atoms with Gasteiger partial charge in [-0.05, 0) is 12.1 Å². The lowest BCUT2D eigenvalue weighted by Gasteiger charge is -2.11. The van der Waals surface area contributed by atoms with Crippen LogP contribution in [0.15, 0.2) is 53.2 Å². The minimum absolute atomic E-state index is 0.188. The van der Waals surface area contributed by atoms with Gasteiger partial charge in [0.05, 0.1) is 24.8 Å². The molecule has 0 saturated heterocycles. The van der Waals surface area contributed by atoms with E-state index in [0.717, 1.165) is 17.0 Å². The summed E-state index contributed by atoms with van der Waals surface area (Å²) in [6.45, 7) is 0.188. The van der Waals surface area contributed by atoms with Crippen molar-refractivity contribution in [1.82, 2.24) is 14.3 Å². The highest BCUT2D eigenvalue weighted by Gasteiger charge is 2.17. The van der Waals surface area contributed by atoms with Crippen LogP contribution in [0.1, 0.15) is 5.76 Å². The van der Waals surface area contributed by atoms with Gasteiger partial charge in [0.2, 0.25) is 10.0 Å².